The smallest absolute Gasteiger partial charge is 0.248 e. The number of carbonyl (C=O) groups excluding carboxylic acids is 1. The first-order valence-corrected chi connectivity index (χ1v) is 7.61. The maximum Gasteiger partial charge on any atom is 0.248 e. The van der Waals surface area contributed by atoms with Crippen LogP contribution in [0.5, 0.6) is 0 Å². The first kappa shape index (κ1) is 15.7. The van der Waals surface area contributed by atoms with Crippen molar-refractivity contribution >= 4 is 17.7 Å². The van der Waals surface area contributed by atoms with Gasteiger partial charge >= 0.3 is 0 Å². The number of hydrogen-bond acceptors (Lipinski definition) is 1. The van der Waals surface area contributed by atoms with E-state index in [-0.39, 0.29) is 11.7 Å². The van der Waals surface area contributed by atoms with Crippen LogP contribution in [0.2, 0.25) is 0 Å². The van der Waals surface area contributed by atoms with Crippen molar-refractivity contribution in [3.63, 3.8) is 0 Å². The molecule has 0 fully saturated rings. The highest BCUT2D eigenvalue weighted by molar-refractivity contribution is 6.02. The molecule has 3 aromatic rings. The molecule has 1 N–H and O–H groups in total. The highest BCUT2D eigenvalue weighted by Crippen LogP contribution is 2.21. The molecule has 0 spiro atoms. The van der Waals surface area contributed by atoms with Crippen molar-refractivity contribution in [2.45, 2.75) is 0 Å². The van der Waals surface area contributed by atoms with E-state index in [9.17, 15) is 9.18 Å². The molecule has 0 heterocycles. The molecule has 3 aromatic carbocycles. The van der Waals surface area contributed by atoms with Gasteiger partial charge in [-0.3, -0.25) is 4.79 Å². The Hall–Kier alpha value is -3.20. The molecule has 0 saturated carbocycles. The predicted octanol–water partition coefficient (Wildman–Crippen LogP) is 5.14. The summed E-state index contributed by atoms with van der Waals surface area (Å²) in [5, 5.41) is 2.80. The van der Waals surface area contributed by atoms with Crippen LogP contribution >= 0.6 is 0 Å². The monoisotopic (exact) mass is 317 g/mol. The van der Waals surface area contributed by atoms with Crippen molar-refractivity contribution in [3.05, 3.63) is 96.3 Å². The lowest BCUT2D eigenvalue weighted by molar-refractivity contribution is -0.111. The maximum absolute atomic E-state index is 12.8. The third-order valence-electron chi connectivity index (χ3n) is 3.56. The summed E-state index contributed by atoms with van der Waals surface area (Å²) in [4.78, 5) is 11.9. The summed E-state index contributed by atoms with van der Waals surface area (Å²) >= 11 is 0. The van der Waals surface area contributed by atoms with Gasteiger partial charge in [0.25, 0.3) is 0 Å². The molecular formula is C21H16FNO. The largest absolute Gasteiger partial charge is 0.323 e. The fourth-order valence-electron chi connectivity index (χ4n) is 2.31. The van der Waals surface area contributed by atoms with Crippen LogP contribution < -0.4 is 5.32 Å². The Morgan fingerprint density at radius 3 is 2.08 bits per heavy atom. The number of nitrogens with one attached hydrogen (secondary N) is 1. The zero-order valence-corrected chi connectivity index (χ0v) is 12.9. The number of hydrogen-bond donors (Lipinski definition) is 1. The summed E-state index contributed by atoms with van der Waals surface area (Å²) in [6.45, 7) is 0. The molecule has 24 heavy (non-hydrogen) atoms. The van der Waals surface area contributed by atoms with E-state index in [2.05, 4.69) is 5.32 Å². The predicted molar refractivity (Wildman–Crippen MR) is 95.9 cm³/mol. The second kappa shape index (κ2) is 7.38. The third kappa shape index (κ3) is 4.17. The maximum atomic E-state index is 12.8. The minimum atomic E-state index is -0.296. The van der Waals surface area contributed by atoms with Crippen LogP contribution in [0.25, 0.3) is 17.2 Å². The lowest BCUT2D eigenvalue weighted by Gasteiger charge is -2.05. The number of anilines is 1. The lowest BCUT2D eigenvalue weighted by Crippen LogP contribution is -2.07. The standard InChI is InChI=1S/C21H16FNO/c22-19-11-6-16(7-12-19)8-15-21(24)23-20-13-9-18(10-14-20)17-4-2-1-3-5-17/h1-15H,(H,23,24)/b15-8+. The molecule has 1 amide bonds. The van der Waals surface area contributed by atoms with E-state index in [0.717, 1.165) is 22.4 Å². The van der Waals surface area contributed by atoms with Crippen molar-refractivity contribution in [2.24, 2.45) is 0 Å². The molecule has 118 valence electrons. The van der Waals surface area contributed by atoms with Crippen LogP contribution in [0, 0.1) is 5.82 Å². The average molecular weight is 317 g/mol. The molecule has 3 heteroatoms. The number of carbonyl (C=O) groups is 1. The minimum Gasteiger partial charge on any atom is -0.323 e. The lowest BCUT2D eigenvalue weighted by atomic mass is 10.1. The Bertz CT molecular complexity index is 837. The van der Waals surface area contributed by atoms with Gasteiger partial charge < -0.3 is 5.32 Å². The van der Waals surface area contributed by atoms with Gasteiger partial charge in [0, 0.05) is 11.8 Å². The van der Waals surface area contributed by atoms with E-state index >= 15 is 0 Å². The fraction of sp³-hybridized carbons (Fsp3) is 0. The summed E-state index contributed by atoms with van der Waals surface area (Å²) < 4.78 is 12.8. The van der Waals surface area contributed by atoms with E-state index in [1.807, 2.05) is 54.6 Å². The van der Waals surface area contributed by atoms with Crippen LogP contribution in [-0.4, -0.2) is 5.91 Å². The zero-order valence-electron chi connectivity index (χ0n) is 12.9. The van der Waals surface area contributed by atoms with Gasteiger partial charge in [-0.2, -0.15) is 0 Å². The number of halogens is 1. The summed E-state index contributed by atoms with van der Waals surface area (Å²) in [7, 11) is 0. The SMILES string of the molecule is O=C(/C=C/c1ccc(F)cc1)Nc1ccc(-c2ccccc2)cc1. The molecule has 0 aliphatic rings. The molecule has 0 radical (unpaired) electrons. The molecule has 0 aromatic heterocycles. The Labute approximate surface area is 140 Å². The molecular weight excluding hydrogens is 301 g/mol. The van der Waals surface area contributed by atoms with E-state index in [0.29, 0.717) is 0 Å². The Balaban J connectivity index is 1.63. The van der Waals surface area contributed by atoms with Gasteiger partial charge in [0.15, 0.2) is 0 Å². The highest BCUT2D eigenvalue weighted by atomic mass is 19.1. The van der Waals surface area contributed by atoms with Gasteiger partial charge in [-0.25, -0.2) is 4.39 Å². The fourth-order valence-corrected chi connectivity index (χ4v) is 2.31. The second-order valence-electron chi connectivity index (χ2n) is 5.32. The molecule has 0 unspecified atom stereocenters. The van der Waals surface area contributed by atoms with Crippen LogP contribution in [-0.2, 0) is 4.79 Å². The second-order valence-corrected chi connectivity index (χ2v) is 5.32. The van der Waals surface area contributed by atoms with Crippen LogP contribution in [0.4, 0.5) is 10.1 Å². The summed E-state index contributed by atoms with van der Waals surface area (Å²) in [6, 6.07) is 23.7. The molecule has 3 rings (SSSR count). The highest BCUT2D eigenvalue weighted by Gasteiger charge is 2.00. The van der Waals surface area contributed by atoms with Crippen LogP contribution in [0.3, 0.4) is 0 Å². The summed E-state index contributed by atoms with van der Waals surface area (Å²) in [5.74, 6) is -0.526. The minimum absolute atomic E-state index is 0.230. The van der Waals surface area contributed by atoms with E-state index in [1.165, 1.54) is 18.2 Å². The average Bonchev–Trinajstić information content (AvgIpc) is 2.63. The van der Waals surface area contributed by atoms with Gasteiger partial charge in [-0.05, 0) is 47.0 Å². The molecule has 2 nitrogen and oxygen atoms in total. The van der Waals surface area contributed by atoms with Gasteiger partial charge in [0.2, 0.25) is 5.91 Å². The quantitative estimate of drug-likeness (QED) is 0.663. The Morgan fingerprint density at radius 1 is 0.792 bits per heavy atom. The Morgan fingerprint density at radius 2 is 1.42 bits per heavy atom. The number of amides is 1. The number of rotatable bonds is 4. The normalized spacial score (nSPS) is 10.7. The Kier molecular flexibility index (Phi) is 4.82. The van der Waals surface area contributed by atoms with Crippen LogP contribution in [0.1, 0.15) is 5.56 Å². The molecule has 0 saturated heterocycles. The van der Waals surface area contributed by atoms with Crippen molar-refractivity contribution in [2.75, 3.05) is 5.32 Å². The summed E-state index contributed by atoms with van der Waals surface area (Å²) in [6.07, 6.45) is 3.07. The van der Waals surface area contributed by atoms with Gasteiger partial charge in [0.05, 0.1) is 0 Å². The summed E-state index contributed by atoms with van der Waals surface area (Å²) in [5.41, 5.74) is 3.72. The van der Waals surface area contributed by atoms with Gasteiger partial charge in [-0.15, -0.1) is 0 Å². The first-order chi connectivity index (χ1) is 11.7. The van der Waals surface area contributed by atoms with Crippen molar-refractivity contribution < 1.29 is 9.18 Å². The topological polar surface area (TPSA) is 29.1 Å². The van der Waals surface area contributed by atoms with Crippen molar-refractivity contribution in [1.82, 2.24) is 0 Å². The van der Waals surface area contributed by atoms with Gasteiger partial charge in [-0.1, -0.05) is 54.6 Å². The van der Waals surface area contributed by atoms with E-state index < -0.39 is 0 Å². The molecule has 0 bridgehead atoms. The van der Waals surface area contributed by atoms with E-state index in [1.54, 1.807) is 18.2 Å². The third-order valence-corrected chi connectivity index (χ3v) is 3.56. The molecule has 0 aliphatic heterocycles. The van der Waals surface area contributed by atoms with Crippen molar-refractivity contribution in [1.29, 1.82) is 0 Å². The van der Waals surface area contributed by atoms with E-state index in [4.69, 9.17) is 0 Å². The molecule has 0 aliphatic carbocycles. The molecule has 0 atom stereocenters. The van der Waals surface area contributed by atoms with Gasteiger partial charge in [0.1, 0.15) is 5.82 Å². The first-order valence-electron chi connectivity index (χ1n) is 7.61. The number of benzene rings is 3. The van der Waals surface area contributed by atoms with Crippen molar-refractivity contribution in [3.8, 4) is 11.1 Å². The zero-order chi connectivity index (χ0) is 16.8. The van der Waals surface area contributed by atoms with Crippen LogP contribution in [0.15, 0.2) is 84.9 Å².